The van der Waals surface area contributed by atoms with E-state index in [-0.39, 0.29) is 0 Å². The van der Waals surface area contributed by atoms with Gasteiger partial charge in [0, 0.05) is 21.0 Å². The zero-order chi connectivity index (χ0) is 10.5. The van der Waals surface area contributed by atoms with E-state index in [9.17, 15) is 0 Å². The lowest BCUT2D eigenvalue weighted by Crippen LogP contribution is -2.02. The third-order valence-electron chi connectivity index (χ3n) is 3.27. The highest BCUT2D eigenvalue weighted by atomic mass is 79.9. The Morgan fingerprint density at radius 3 is 2.73 bits per heavy atom. The smallest absolute Gasteiger partial charge is 0.0706 e. The lowest BCUT2D eigenvalue weighted by molar-refractivity contribution is 0.756. The minimum atomic E-state index is 0.362. The molecule has 76 valence electrons. The van der Waals surface area contributed by atoms with Crippen LogP contribution in [0.1, 0.15) is 25.5 Å². The summed E-state index contributed by atoms with van der Waals surface area (Å²) in [5, 5.41) is 1.21. The summed E-state index contributed by atoms with van der Waals surface area (Å²) in [4.78, 5) is 4.73. The molecule has 0 unspecified atom stereocenters. The Bertz CT molecular complexity index is 529. The molecule has 0 saturated heterocycles. The van der Waals surface area contributed by atoms with Gasteiger partial charge in [-0.2, -0.15) is 0 Å². The molecule has 1 aromatic heterocycles. The van der Waals surface area contributed by atoms with Crippen molar-refractivity contribution in [2.24, 2.45) is 0 Å². The number of benzene rings is 1. The molecule has 1 nitrogen and oxygen atoms in total. The minimum absolute atomic E-state index is 0.362. The van der Waals surface area contributed by atoms with Gasteiger partial charge in [-0.05, 0) is 37.1 Å². The van der Waals surface area contributed by atoms with Crippen LogP contribution in [0.4, 0.5) is 0 Å². The van der Waals surface area contributed by atoms with Gasteiger partial charge in [-0.25, -0.2) is 0 Å². The molecule has 1 aromatic carbocycles. The van der Waals surface area contributed by atoms with Crippen LogP contribution in [0.15, 0.2) is 34.8 Å². The second kappa shape index (κ2) is 3.05. The Morgan fingerprint density at radius 1 is 1.20 bits per heavy atom. The van der Waals surface area contributed by atoms with Crippen molar-refractivity contribution in [1.29, 1.82) is 0 Å². The molecule has 15 heavy (non-hydrogen) atoms. The topological polar surface area (TPSA) is 12.9 Å². The van der Waals surface area contributed by atoms with Crippen LogP contribution in [0.25, 0.3) is 10.9 Å². The van der Waals surface area contributed by atoms with Crippen LogP contribution in [-0.2, 0) is 5.41 Å². The van der Waals surface area contributed by atoms with E-state index in [1.54, 1.807) is 0 Å². The van der Waals surface area contributed by atoms with Crippen molar-refractivity contribution < 1.29 is 0 Å². The zero-order valence-corrected chi connectivity index (χ0v) is 10.2. The summed E-state index contributed by atoms with van der Waals surface area (Å²) in [6.07, 6.45) is 2.56. The summed E-state index contributed by atoms with van der Waals surface area (Å²) in [6.45, 7) is 2.29. The van der Waals surface area contributed by atoms with Crippen molar-refractivity contribution in [2.45, 2.75) is 25.2 Å². The highest BCUT2D eigenvalue weighted by Crippen LogP contribution is 2.46. The normalized spacial score (nSPS) is 18.0. The highest BCUT2D eigenvalue weighted by molar-refractivity contribution is 9.10. The first-order valence-corrected chi connectivity index (χ1v) is 6.04. The fourth-order valence-corrected chi connectivity index (χ4v) is 2.26. The summed E-state index contributed by atoms with van der Waals surface area (Å²) in [5.74, 6) is 0. The molecule has 1 fully saturated rings. The lowest BCUT2D eigenvalue weighted by atomic mass is 10.0. The molecular weight excluding hydrogens is 250 g/mol. The lowest BCUT2D eigenvalue weighted by Gasteiger charge is -2.08. The predicted molar refractivity (Wildman–Crippen MR) is 66.0 cm³/mol. The average molecular weight is 262 g/mol. The van der Waals surface area contributed by atoms with Crippen LogP contribution >= 0.6 is 15.9 Å². The number of rotatable bonds is 1. The van der Waals surface area contributed by atoms with Crippen molar-refractivity contribution in [3.05, 3.63) is 40.5 Å². The molecule has 1 aliphatic rings. The second-order valence-corrected chi connectivity index (χ2v) is 5.51. The Balaban J connectivity index is 2.18. The first-order chi connectivity index (χ1) is 7.17. The van der Waals surface area contributed by atoms with Gasteiger partial charge in [-0.3, -0.25) is 4.98 Å². The maximum atomic E-state index is 4.73. The van der Waals surface area contributed by atoms with Gasteiger partial charge >= 0.3 is 0 Å². The van der Waals surface area contributed by atoms with E-state index in [4.69, 9.17) is 4.98 Å². The molecule has 1 heterocycles. The maximum Gasteiger partial charge on any atom is 0.0706 e. The zero-order valence-electron chi connectivity index (χ0n) is 8.63. The molecule has 1 saturated carbocycles. The van der Waals surface area contributed by atoms with Crippen molar-refractivity contribution in [3.8, 4) is 0 Å². The number of hydrogen-bond donors (Lipinski definition) is 0. The molecule has 0 N–H and O–H groups in total. The molecule has 0 atom stereocenters. The Morgan fingerprint density at radius 2 is 2.00 bits per heavy atom. The molecule has 3 rings (SSSR count). The molecule has 1 aliphatic carbocycles. The van der Waals surface area contributed by atoms with Crippen LogP contribution < -0.4 is 0 Å². The van der Waals surface area contributed by atoms with Crippen molar-refractivity contribution in [2.75, 3.05) is 0 Å². The standard InChI is InChI=1S/C13H12BrN/c1-13(6-7-13)12-5-2-9-8-10(14)3-4-11(9)15-12/h2-5,8H,6-7H2,1H3. The summed E-state index contributed by atoms with van der Waals surface area (Å²) in [5.41, 5.74) is 2.71. The maximum absolute atomic E-state index is 4.73. The van der Waals surface area contributed by atoms with Crippen LogP contribution in [0, 0.1) is 0 Å². The molecule has 2 heteroatoms. The molecular formula is C13H12BrN. The molecule has 0 spiro atoms. The Kier molecular flexibility index (Phi) is 1.90. The van der Waals surface area contributed by atoms with Crippen molar-refractivity contribution in [3.63, 3.8) is 0 Å². The summed E-state index contributed by atoms with van der Waals surface area (Å²) in [7, 11) is 0. The van der Waals surface area contributed by atoms with Gasteiger partial charge in [0.1, 0.15) is 0 Å². The van der Waals surface area contributed by atoms with E-state index >= 15 is 0 Å². The fourth-order valence-electron chi connectivity index (χ4n) is 1.88. The van der Waals surface area contributed by atoms with E-state index in [0.717, 1.165) is 9.99 Å². The van der Waals surface area contributed by atoms with E-state index in [1.807, 2.05) is 6.07 Å². The highest BCUT2D eigenvalue weighted by Gasteiger charge is 2.40. The first kappa shape index (κ1) is 9.34. The number of pyridine rings is 1. The Hall–Kier alpha value is -0.890. The van der Waals surface area contributed by atoms with E-state index < -0.39 is 0 Å². The molecule has 0 radical (unpaired) electrons. The predicted octanol–water partition coefficient (Wildman–Crippen LogP) is 4.05. The number of nitrogens with zero attached hydrogens (tertiary/aromatic N) is 1. The third-order valence-corrected chi connectivity index (χ3v) is 3.76. The van der Waals surface area contributed by atoms with Gasteiger partial charge < -0.3 is 0 Å². The monoisotopic (exact) mass is 261 g/mol. The second-order valence-electron chi connectivity index (χ2n) is 4.59. The molecule has 2 aromatic rings. The van der Waals surface area contributed by atoms with Crippen molar-refractivity contribution >= 4 is 26.8 Å². The number of aromatic nitrogens is 1. The van der Waals surface area contributed by atoms with Gasteiger partial charge in [0.15, 0.2) is 0 Å². The van der Waals surface area contributed by atoms with E-state index in [1.165, 1.54) is 23.9 Å². The third kappa shape index (κ3) is 1.57. The van der Waals surface area contributed by atoms with Gasteiger partial charge in [-0.1, -0.05) is 28.9 Å². The van der Waals surface area contributed by atoms with Gasteiger partial charge in [0.25, 0.3) is 0 Å². The summed E-state index contributed by atoms with van der Waals surface area (Å²) < 4.78 is 1.11. The van der Waals surface area contributed by atoms with E-state index in [2.05, 4.69) is 47.1 Å². The number of halogens is 1. The van der Waals surface area contributed by atoms with Crippen LogP contribution in [0.5, 0.6) is 0 Å². The van der Waals surface area contributed by atoms with Crippen LogP contribution in [0.2, 0.25) is 0 Å². The summed E-state index contributed by atoms with van der Waals surface area (Å²) in [6, 6.07) is 10.6. The van der Waals surface area contributed by atoms with Gasteiger partial charge in [0.05, 0.1) is 5.52 Å². The van der Waals surface area contributed by atoms with Crippen LogP contribution in [0.3, 0.4) is 0 Å². The SMILES string of the molecule is CC1(c2ccc3cc(Br)ccc3n2)CC1. The largest absolute Gasteiger partial charge is 0.252 e. The van der Waals surface area contributed by atoms with Gasteiger partial charge in [-0.15, -0.1) is 0 Å². The van der Waals surface area contributed by atoms with Crippen LogP contribution in [-0.4, -0.2) is 4.98 Å². The molecule has 0 amide bonds. The average Bonchev–Trinajstić information content (AvgIpc) is 2.97. The molecule has 0 aliphatic heterocycles. The number of fused-ring (bicyclic) bond motifs is 1. The first-order valence-electron chi connectivity index (χ1n) is 5.24. The minimum Gasteiger partial charge on any atom is -0.252 e. The molecule has 0 bridgehead atoms. The fraction of sp³-hybridized carbons (Fsp3) is 0.308. The number of hydrogen-bond acceptors (Lipinski definition) is 1. The quantitative estimate of drug-likeness (QED) is 0.755. The summed E-state index contributed by atoms with van der Waals surface area (Å²) >= 11 is 3.47. The Labute approximate surface area is 97.7 Å². The van der Waals surface area contributed by atoms with E-state index in [0.29, 0.717) is 5.41 Å². The van der Waals surface area contributed by atoms with Gasteiger partial charge in [0.2, 0.25) is 0 Å². The van der Waals surface area contributed by atoms with Crippen molar-refractivity contribution in [1.82, 2.24) is 4.98 Å².